The number of anilines is 1. The van der Waals surface area contributed by atoms with E-state index in [1.807, 2.05) is 31.2 Å². The van der Waals surface area contributed by atoms with Crippen LogP contribution in [0.25, 0.3) is 11.4 Å². The Hall–Kier alpha value is -4.51. The molecule has 1 heterocycles. The van der Waals surface area contributed by atoms with Crippen molar-refractivity contribution >= 4 is 29.1 Å². The van der Waals surface area contributed by atoms with Gasteiger partial charge in [0, 0.05) is 17.3 Å². The first-order valence-corrected chi connectivity index (χ1v) is 14.3. The van der Waals surface area contributed by atoms with E-state index >= 15 is 0 Å². The average molecular weight is 607 g/mol. The lowest BCUT2D eigenvalue weighted by Gasteiger charge is -2.32. The van der Waals surface area contributed by atoms with Gasteiger partial charge in [0.15, 0.2) is 11.5 Å². The topological polar surface area (TPSA) is 111 Å². The van der Waals surface area contributed by atoms with E-state index in [0.717, 1.165) is 36.0 Å². The molecule has 1 aromatic heterocycles. The number of tetrazole rings is 1. The lowest BCUT2D eigenvalue weighted by molar-refractivity contribution is -0.127. The molecule has 1 aliphatic rings. The van der Waals surface area contributed by atoms with Crippen LogP contribution in [0, 0.1) is 12.7 Å². The Kier molecular flexibility index (Phi) is 9.20. The quantitative estimate of drug-likeness (QED) is 0.261. The Labute approximate surface area is 253 Å². The van der Waals surface area contributed by atoms with Crippen LogP contribution in [0.15, 0.2) is 60.7 Å². The van der Waals surface area contributed by atoms with Crippen molar-refractivity contribution in [3.8, 4) is 22.9 Å². The molecule has 0 aliphatic heterocycles. The van der Waals surface area contributed by atoms with Crippen molar-refractivity contribution in [2.45, 2.75) is 51.2 Å². The number of amides is 2. The predicted octanol–water partition coefficient (Wildman–Crippen LogP) is 5.29. The van der Waals surface area contributed by atoms with Crippen LogP contribution in [0.3, 0.4) is 0 Å². The van der Waals surface area contributed by atoms with Crippen LogP contribution in [0.2, 0.25) is 5.02 Å². The van der Waals surface area contributed by atoms with Gasteiger partial charge in [0.1, 0.15) is 18.4 Å². The number of aromatic nitrogens is 4. The van der Waals surface area contributed by atoms with Crippen molar-refractivity contribution in [1.29, 1.82) is 0 Å². The van der Waals surface area contributed by atoms with Crippen molar-refractivity contribution in [3.63, 3.8) is 0 Å². The number of hydrogen-bond acceptors (Lipinski definition) is 7. The minimum Gasteiger partial charge on any atom is -0.493 e. The number of methoxy groups -OCH3 is 2. The third kappa shape index (κ3) is 6.77. The van der Waals surface area contributed by atoms with Crippen molar-refractivity contribution < 1.29 is 23.5 Å². The van der Waals surface area contributed by atoms with E-state index in [2.05, 4.69) is 20.7 Å². The van der Waals surface area contributed by atoms with Crippen molar-refractivity contribution in [3.05, 3.63) is 82.6 Å². The first-order chi connectivity index (χ1) is 20.8. The zero-order valence-electron chi connectivity index (χ0n) is 24.1. The molecule has 1 aliphatic carbocycles. The van der Waals surface area contributed by atoms with Gasteiger partial charge in [0.05, 0.1) is 19.2 Å². The number of nitrogens with zero attached hydrogens (tertiary/aromatic N) is 5. The van der Waals surface area contributed by atoms with Gasteiger partial charge in [-0.2, -0.15) is 4.80 Å². The monoisotopic (exact) mass is 606 g/mol. The summed E-state index contributed by atoms with van der Waals surface area (Å²) >= 11 is 6.16. The van der Waals surface area contributed by atoms with Gasteiger partial charge in [-0.25, -0.2) is 4.39 Å². The van der Waals surface area contributed by atoms with Gasteiger partial charge in [-0.3, -0.25) is 14.5 Å². The molecular weight excluding hydrogens is 575 g/mol. The highest BCUT2D eigenvalue weighted by molar-refractivity contribution is 6.31. The summed E-state index contributed by atoms with van der Waals surface area (Å²) in [4.78, 5) is 30.5. The van der Waals surface area contributed by atoms with Crippen LogP contribution in [0.1, 0.15) is 42.9 Å². The molecule has 1 fully saturated rings. The summed E-state index contributed by atoms with van der Waals surface area (Å²) < 4.78 is 24.9. The normalized spacial score (nSPS) is 13.9. The summed E-state index contributed by atoms with van der Waals surface area (Å²) in [6.07, 6.45) is 3.78. The number of benzene rings is 3. The number of aryl methyl sites for hydroxylation is 1. The highest BCUT2D eigenvalue weighted by Gasteiger charge is 2.35. The fourth-order valence-electron chi connectivity index (χ4n) is 5.19. The van der Waals surface area contributed by atoms with Gasteiger partial charge in [0.2, 0.25) is 11.7 Å². The van der Waals surface area contributed by atoms with Crippen LogP contribution in [-0.2, 0) is 16.1 Å². The molecule has 12 heteroatoms. The Morgan fingerprint density at radius 2 is 1.77 bits per heavy atom. The molecule has 1 unspecified atom stereocenters. The number of rotatable bonds is 10. The van der Waals surface area contributed by atoms with Gasteiger partial charge in [-0.05, 0) is 66.9 Å². The molecule has 0 radical (unpaired) electrons. The molecular formula is C31H32ClFN6O4. The molecule has 4 aromatic rings. The summed E-state index contributed by atoms with van der Waals surface area (Å²) in [5, 5.41) is 15.5. The minimum atomic E-state index is -1.07. The smallest absolute Gasteiger partial charge is 0.251 e. The maximum Gasteiger partial charge on any atom is 0.251 e. The SMILES string of the molecule is COc1ccc(-c2nnn(CC(=O)N(c3ccc(F)c(Cl)c3)C(C(=O)NC3CCCC3)c3ccc(C)cc3)n2)cc1OC. The average Bonchev–Trinajstić information content (AvgIpc) is 3.70. The van der Waals surface area contributed by atoms with E-state index in [1.165, 1.54) is 37.3 Å². The number of nitrogens with one attached hydrogen (secondary N) is 1. The minimum absolute atomic E-state index is 0.00948. The van der Waals surface area contributed by atoms with Crippen molar-refractivity contribution in [2.75, 3.05) is 19.1 Å². The van der Waals surface area contributed by atoms with E-state index < -0.39 is 17.8 Å². The maximum atomic E-state index is 14.2. The van der Waals surface area contributed by atoms with Crippen LogP contribution < -0.4 is 19.7 Å². The standard InChI is InChI=1S/C31H32ClFN6O4/c1-19-8-10-20(11-9-19)29(31(41)34-22-6-4-5-7-22)39(23-13-14-25(33)24(32)17-23)28(40)18-38-36-30(35-37-38)21-12-15-26(42-2)27(16-21)43-3/h8-17,22,29H,4-7,18H2,1-3H3,(H,34,41). The molecule has 10 nitrogen and oxygen atoms in total. The zero-order chi connectivity index (χ0) is 30.5. The molecule has 0 spiro atoms. The summed E-state index contributed by atoms with van der Waals surface area (Å²) in [5.41, 5.74) is 2.44. The lowest BCUT2D eigenvalue weighted by Crippen LogP contribution is -2.47. The van der Waals surface area contributed by atoms with Crippen LogP contribution in [0.4, 0.5) is 10.1 Å². The Morgan fingerprint density at radius 3 is 2.44 bits per heavy atom. The third-order valence-corrected chi connectivity index (χ3v) is 7.71. The number of ether oxygens (including phenoxy) is 2. The number of carbonyl (C=O) groups excluding carboxylic acids is 2. The first-order valence-electron chi connectivity index (χ1n) is 13.9. The second-order valence-electron chi connectivity index (χ2n) is 10.4. The molecule has 1 atom stereocenters. The second kappa shape index (κ2) is 13.2. The van der Waals surface area contributed by atoms with E-state index in [-0.39, 0.29) is 35.0 Å². The highest BCUT2D eigenvalue weighted by atomic mass is 35.5. The molecule has 1 saturated carbocycles. The summed E-state index contributed by atoms with van der Waals surface area (Å²) in [6.45, 7) is 1.58. The number of halogens is 2. The van der Waals surface area contributed by atoms with Crippen LogP contribution in [-0.4, -0.2) is 52.3 Å². The Morgan fingerprint density at radius 1 is 1.05 bits per heavy atom. The lowest BCUT2D eigenvalue weighted by atomic mass is 10.0. The molecule has 43 heavy (non-hydrogen) atoms. The summed E-state index contributed by atoms with van der Waals surface area (Å²) in [5.74, 6) is -0.216. The Bertz CT molecular complexity index is 1610. The predicted molar refractivity (Wildman–Crippen MR) is 160 cm³/mol. The fourth-order valence-corrected chi connectivity index (χ4v) is 5.36. The zero-order valence-corrected chi connectivity index (χ0v) is 24.8. The van der Waals surface area contributed by atoms with Gasteiger partial charge >= 0.3 is 0 Å². The molecule has 224 valence electrons. The Balaban J connectivity index is 1.51. The van der Waals surface area contributed by atoms with Gasteiger partial charge < -0.3 is 14.8 Å². The van der Waals surface area contributed by atoms with Gasteiger partial charge in [-0.15, -0.1) is 10.2 Å². The summed E-state index contributed by atoms with van der Waals surface area (Å²) in [6, 6.07) is 15.4. The maximum absolute atomic E-state index is 14.2. The molecule has 0 bridgehead atoms. The van der Waals surface area contributed by atoms with Crippen LogP contribution >= 0.6 is 11.6 Å². The van der Waals surface area contributed by atoms with Gasteiger partial charge in [-0.1, -0.05) is 54.3 Å². The molecule has 0 saturated heterocycles. The first kappa shape index (κ1) is 30.0. The number of hydrogen-bond donors (Lipinski definition) is 1. The fraction of sp³-hybridized carbons (Fsp3) is 0.323. The van der Waals surface area contributed by atoms with Crippen LogP contribution in [0.5, 0.6) is 11.5 Å². The summed E-state index contributed by atoms with van der Waals surface area (Å²) in [7, 11) is 3.06. The largest absolute Gasteiger partial charge is 0.493 e. The molecule has 3 aromatic carbocycles. The van der Waals surface area contributed by atoms with E-state index in [9.17, 15) is 14.0 Å². The highest BCUT2D eigenvalue weighted by Crippen LogP contribution is 2.33. The van der Waals surface area contributed by atoms with Crippen molar-refractivity contribution in [1.82, 2.24) is 25.5 Å². The van der Waals surface area contributed by atoms with E-state index in [1.54, 1.807) is 18.2 Å². The van der Waals surface area contributed by atoms with Gasteiger partial charge in [0.25, 0.3) is 5.91 Å². The molecule has 5 rings (SSSR count). The van der Waals surface area contributed by atoms with E-state index in [0.29, 0.717) is 22.6 Å². The van der Waals surface area contributed by atoms with E-state index in [4.69, 9.17) is 21.1 Å². The van der Waals surface area contributed by atoms with Crippen molar-refractivity contribution in [2.24, 2.45) is 0 Å². The third-order valence-electron chi connectivity index (χ3n) is 7.42. The second-order valence-corrected chi connectivity index (χ2v) is 10.8. The number of carbonyl (C=O) groups is 2. The molecule has 1 N–H and O–H groups in total. The molecule has 2 amide bonds.